The molecule has 9 rings (SSSR count). The van der Waals surface area contributed by atoms with Crippen LogP contribution in [-0.4, -0.2) is 190 Å². The third-order valence-electron chi connectivity index (χ3n) is 16.5. The minimum Gasteiger partial charge on any atom is -0.465 e. The van der Waals surface area contributed by atoms with Crippen LogP contribution in [0.1, 0.15) is 69.3 Å². The molecule has 2 bridgehead atoms. The largest absolute Gasteiger partial charge is 0.465 e. The van der Waals surface area contributed by atoms with Crippen LogP contribution in [0.15, 0.2) is 67.0 Å². The third-order valence-corrected chi connectivity index (χ3v) is 16.5. The van der Waals surface area contributed by atoms with Crippen molar-refractivity contribution in [2.75, 3.05) is 64.2 Å². The molecule has 5 N–H and O–H groups in total. The zero-order valence-electron chi connectivity index (χ0n) is 47.4. The van der Waals surface area contributed by atoms with E-state index in [4.69, 9.17) is 18.9 Å². The van der Waals surface area contributed by atoms with Gasteiger partial charge >= 0.3 is 31.1 Å². The molecule has 0 radical (unpaired) electrons. The number of hydrogen-bond donors (Lipinski definition) is 5. The summed E-state index contributed by atoms with van der Waals surface area (Å²) in [6.45, 7) is -1.18. The summed E-state index contributed by atoms with van der Waals surface area (Å²) in [5, 5.41) is 31.0. The number of nitrogens with zero attached hydrogens (tertiary/aromatic N) is 7. The summed E-state index contributed by atoms with van der Waals surface area (Å²) < 4.78 is 170. The Kier molecular flexibility index (Phi) is 19.0. The number of hydrazine groups is 1. The predicted octanol–water partition coefficient (Wildman–Crippen LogP) is 6.41. The fourth-order valence-corrected chi connectivity index (χ4v) is 11.0. The number of anilines is 1. The molecule has 7 heterocycles. The number of benzene rings is 2. The van der Waals surface area contributed by atoms with E-state index in [1.807, 2.05) is 17.4 Å². The molecule has 0 saturated carbocycles. The van der Waals surface area contributed by atoms with Crippen LogP contribution < -0.4 is 21.0 Å². The van der Waals surface area contributed by atoms with E-state index in [0.29, 0.717) is 74.1 Å². The fourth-order valence-electron chi connectivity index (χ4n) is 11.0. The molecular weight excluding hydrogens is 1170 g/mol. The van der Waals surface area contributed by atoms with Crippen LogP contribution in [0.25, 0.3) is 11.3 Å². The van der Waals surface area contributed by atoms with Crippen LogP contribution in [-0.2, 0) is 41.5 Å². The monoisotopic (exact) mass is 1240 g/mol. The van der Waals surface area contributed by atoms with Gasteiger partial charge < -0.3 is 44.7 Å². The molecule has 30 heteroatoms. The predicted molar refractivity (Wildman–Crippen MR) is 287 cm³/mol. The maximum absolute atomic E-state index is 16.3. The molecule has 0 aliphatic carbocycles. The number of aliphatic hydroxyl groups is 1. The number of nitrogens with one attached hydrogen (secondary N) is 3. The number of alkyl carbamates (subject to hydrolysis) is 1. The zero-order valence-corrected chi connectivity index (χ0v) is 47.4. The van der Waals surface area contributed by atoms with E-state index in [1.54, 1.807) is 18.3 Å². The average Bonchev–Trinajstić information content (AvgIpc) is 1.74. The van der Waals surface area contributed by atoms with Crippen molar-refractivity contribution in [3.63, 3.8) is 0 Å². The summed E-state index contributed by atoms with van der Waals surface area (Å²) in [7, 11) is 0. The topological polar surface area (TPSA) is 225 Å². The van der Waals surface area contributed by atoms with Gasteiger partial charge in [0.2, 0.25) is 5.91 Å². The first-order chi connectivity index (χ1) is 41.0. The lowest BCUT2D eigenvalue weighted by atomic mass is 9.81. The van der Waals surface area contributed by atoms with Crippen molar-refractivity contribution in [1.29, 1.82) is 0 Å². The molecule has 6 atom stereocenters. The standard InChI is InChI=1S/C57H64F10N10O10/c1-54(2,56(62,63)64)47(70-52(81)87-39-29-86-30-39)49(79)69-44(17-32-8-5-31(6-9-32)7-10-33-11-14-46(68-20-33)73-21-35-12-13-36(22-73)76(35)37-25-84-26-37)45(78)24-74(23-40-41(58)18-34(19-42(40)59)43-15-16-75(71-43)51(60)61)72-50(80)48(55(3,4)57(65,66)67)77(53(82)83)38-27-85-28-38/h5-6,8-9,11,14-16,18-20,35-39,44-45,47-48,51,78H,12-13,17,21-30H2,1-4H3,(H,69,79)(H,70,81)(H,72,80)(H,82,83)/t35?,36?,44-,45-,47+,48+/m0/s1. The van der Waals surface area contributed by atoms with Gasteiger partial charge in [0.05, 0.1) is 80.4 Å². The first-order valence-corrected chi connectivity index (χ1v) is 27.8. The number of amides is 4. The molecule has 5 saturated heterocycles. The zero-order chi connectivity index (χ0) is 62.9. The van der Waals surface area contributed by atoms with E-state index in [-0.39, 0.29) is 39.6 Å². The second-order valence-corrected chi connectivity index (χ2v) is 23.3. The van der Waals surface area contributed by atoms with Crippen molar-refractivity contribution < 1.29 is 92.2 Å². The molecule has 87 heavy (non-hydrogen) atoms. The lowest BCUT2D eigenvalue weighted by molar-refractivity contribution is -0.236. The number of carboxylic acid groups (broad SMARTS) is 1. The second kappa shape index (κ2) is 25.8. The average molecular weight is 1240 g/mol. The van der Waals surface area contributed by atoms with Gasteiger partial charge in [-0.3, -0.25) is 24.8 Å². The first-order valence-electron chi connectivity index (χ1n) is 27.8. The molecule has 2 aromatic heterocycles. The molecule has 0 spiro atoms. The summed E-state index contributed by atoms with van der Waals surface area (Å²) in [6.07, 6.45) is -12.9. The lowest BCUT2D eigenvalue weighted by Gasteiger charge is -2.47. The Hall–Kier alpha value is -7.30. The van der Waals surface area contributed by atoms with Crippen molar-refractivity contribution >= 4 is 29.8 Å². The van der Waals surface area contributed by atoms with E-state index in [2.05, 4.69) is 42.5 Å². The molecule has 5 aliphatic rings. The number of fused-ring (bicyclic) bond motifs is 2. The summed E-state index contributed by atoms with van der Waals surface area (Å²) in [5.41, 5.74) is -4.64. The minimum atomic E-state index is -5.32. The SMILES string of the molecule is CC(C)([C@H](NC(=O)OC1COC1)C(=O)N[C@@H](Cc1ccc(C#Cc2ccc(N3CC4CCC(C3)N4C3COC3)nc2)cc1)[C@@H](O)CN(Cc1c(F)cc(-c2ccn(C(F)F)n2)cc1F)NC(=O)[C@@H](N(C(=O)O)C1COC1)C(C)(C)C(F)(F)F)C(F)(F)F. The van der Waals surface area contributed by atoms with Crippen LogP contribution in [0.3, 0.4) is 0 Å². The summed E-state index contributed by atoms with van der Waals surface area (Å²) >= 11 is 0. The smallest absolute Gasteiger partial charge is 0.408 e. The van der Waals surface area contributed by atoms with Gasteiger partial charge in [-0.15, -0.1) is 0 Å². The molecule has 20 nitrogen and oxygen atoms in total. The maximum Gasteiger partial charge on any atom is 0.408 e. The van der Waals surface area contributed by atoms with E-state index < -0.39 is 140 Å². The highest BCUT2D eigenvalue weighted by Crippen LogP contribution is 2.44. The minimum absolute atomic E-state index is 0.0958. The second-order valence-electron chi connectivity index (χ2n) is 23.3. The van der Waals surface area contributed by atoms with E-state index in [0.717, 1.165) is 57.2 Å². The lowest BCUT2D eigenvalue weighted by Crippen LogP contribution is -2.67. The number of pyridine rings is 1. The Bertz CT molecular complexity index is 3150. The number of alkyl halides is 8. The molecule has 5 aliphatic heterocycles. The van der Waals surface area contributed by atoms with Gasteiger partial charge in [0, 0.05) is 72.9 Å². The Morgan fingerprint density at radius 2 is 1.38 bits per heavy atom. The van der Waals surface area contributed by atoms with Gasteiger partial charge in [-0.2, -0.15) is 40.2 Å². The highest BCUT2D eigenvalue weighted by atomic mass is 19.4. The van der Waals surface area contributed by atoms with Crippen LogP contribution >= 0.6 is 0 Å². The van der Waals surface area contributed by atoms with Crippen molar-refractivity contribution in [2.45, 2.75) is 127 Å². The number of ether oxygens (including phenoxy) is 4. The van der Waals surface area contributed by atoms with Crippen LogP contribution in [0, 0.1) is 34.3 Å². The number of halogens is 10. The number of piperazine rings is 1. The van der Waals surface area contributed by atoms with Gasteiger partial charge in [-0.1, -0.05) is 24.0 Å². The summed E-state index contributed by atoms with van der Waals surface area (Å²) in [6, 6.07) is 5.03. The number of rotatable bonds is 21. The van der Waals surface area contributed by atoms with E-state index >= 15 is 8.78 Å². The Labute approximate surface area is 492 Å². The molecule has 472 valence electrons. The number of aliphatic hydroxyl groups excluding tert-OH is 1. The molecule has 5 fully saturated rings. The number of carbonyl (C=O) groups excluding carboxylic acids is 3. The number of carbonyl (C=O) groups is 4. The van der Waals surface area contributed by atoms with Crippen molar-refractivity contribution in [2.24, 2.45) is 10.8 Å². The normalized spacial score (nSPS) is 20.1. The van der Waals surface area contributed by atoms with Crippen LogP contribution in [0.5, 0.6) is 0 Å². The van der Waals surface area contributed by atoms with Crippen molar-refractivity contribution in [3.05, 3.63) is 101 Å². The molecule has 2 aromatic carbocycles. The number of aromatic nitrogens is 3. The van der Waals surface area contributed by atoms with Gasteiger partial charge in [0.1, 0.15) is 29.5 Å². The highest BCUT2D eigenvalue weighted by molar-refractivity contribution is 5.87. The first kappa shape index (κ1) is 64.2. The number of hydrogen-bond acceptors (Lipinski definition) is 14. The van der Waals surface area contributed by atoms with Gasteiger partial charge in [-0.05, 0) is 95.0 Å². The summed E-state index contributed by atoms with van der Waals surface area (Å²) in [5.74, 6) is 0.672. The quantitative estimate of drug-likeness (QED) is 0.0345. The maximum atomic E-state index is 16.3. The van der Waals surface area contributed by atoms with Gasteiger partial charge in [0.15, 0.2) is 6.10 Å². The molecule has 4 aromatic rings. The molecule has 4 amide bonds. The van der Waals surface area contributed by atoms with Crippen LogP contribution in [0.4, 0.5) is 59.3 Å². The molecular formula is C57H64F10N10O10. The van der Waals surface area contributed by atoms with E-state index in [1.165, 1.54) is 12.1 Å². The third kappa shape index (κ3) is 14.3. The molecule has 2 unspecified atom stereocenters. The Morgan fingerprint density at radius 1 is 0.782 bits per heavy atom. The van der Waals surface area contributed by atoms with Crippen molar-refractivity contribution in [3.8, 4) is 23.1 Å². The highest BCUT2D eigenvalue weighted by Gasteiger charge is 2.60. The van der Waals surface area contributed by atoms with Crippen molar-refractivity contribution in [1.82, 2.24) is 45.6 Å². The van der Waals surface area contributed by atoms with E-state index in [9.17, 15) is 64.5 Å². The Balaban J connectivity index is 1.02. The van der Waals surface area contributed by atoms with Gasteiger partial charge in [-0.25, -0.2) is 33.0 Å². The Morgan fingerprint density at radius 3 is 1.89 bits per heavy atom. The summed E-state index contributed by atoms with van der Waals surface area (Å²) in [4.78, 5) is 64.5. The van der Waals surface area contributed by atoms with Crippen LogP contribution in [0.2, 0.25) is 0 Å². The van der Waals surface area contributed by atoms with Gasteiger partial charge in [0.25, 0.3) is 5.91 Å². The fraction of sp³-hybridized carbons (Fsp3) is 0.544.